The van der Waals surface area contributed by atoms with Gasteiger partial charge in [0.2, 0.25) is 0 Å². The number of rotatable bonds is 4. The van der Waals surface area contributed by atoms with Gasteiger partial charge >= 0.3 is 6.18 Å². The molecule has 0 N–H and O–H groups in total. The first kappa shape index (κ1) is 17.7. The zero-order valence-corrected chi connectivity index (χ0v) is 14.3. The highest BCUT2D eigenvalue weighted by molar-refractivity contribution is 5.79. The molecule has 4 aromatic heterocycles. The number of imidazole rings is 1. The third kappa shape index (κ3) is 3.57. The molecule has 0 spiro atoms. The summed E-state index contributed by atoms with van der Waals surface area (Å²) in [5.41, 5.74) is 2.58. The molecule has 0 saturated carbocycles. The Morgan fingerprint density at radius 2 is 2.00 bits per heavy atom. The maximum Gasteiger partial charge on any atom is 0.389 e. The maximum atomic E-state index is 12.4. The first-order valence-corrected chi connectivity index (χ1v) is 8.29. The number of pyridine rings is 2. The van der Waals surface area contributed by atoms with Crippen molar-refractivity contribution < 1.29 is 17.6 Å². The predicted octanol–water partition coefficient (Wildman–Crippen LogP) is 4.42. The lowest BCUT2D eigenvalue weighted by molar-refractivity contribution is -0.134. The monoisotopic (exact) mass is 383 g/mol. The van der Waals surface area contributed by atoms with Crippen LogP contribution in [0.25, 0.3) is 28.2 Å². The van der Waals surface area contributed by atoms with E-state index in [0.29, 0.717) is 22.5 Å². The second-order valence-corrected chi connectivity index (χ2v) is 6.05. The van der Waals surface area contributed by atoms with Gasteiger partial charge in [-0.3, -0.25) is 0 Å². The Bertz CT molecular complexity index is 1190. The fraction of sp³-hybridized carbons (Fsp3) is 0.158. The number of aromatic nitrogens is 4. The van der Waals surface area contributed by atoms with Gasteiger partial charge in [-0.15, -0.1) is 0 Å². The largest absolute Gasteiger partial charge is 0.441 e. The summed E-state index contributed by atoms with van der Waals surface area (Å²) in [5, 5.41) is 9.19. The minimum Gasteiger partial charge on any atom is -0.441 e. The van der Waals surface area contributed by atoms with Crippen LogP contribution >= 0.6 is 0 Å². The molecular weight excluding hydrogens is 371 g/mol. The van der Waals surface area contributed by atoms with Crippen molar-refractivity contribution in [3.8, 4) is 28.7 Å². The SMILES string of the molecule is N#Cc1ccc(-c2cnc(CCC(F)(F)F)o2)c(-c2ccn3ccnc3c2)n1. The fourth-order valence-electron chi connectivity index (χ4n) is 2.80. The lowest BCUT2D eigenvalue weighted by Crippen LogP contribution is -2.08. The number of oxazole rings is 1. The summed E-state index contributed by atoms with van der Waals surface area (Å²) < 4.78 is 44.6. The zero-order chi connectivity index (χ0) is 19.7. The Balaban J connectivity index is 1.75. The van der Waals surface area contributed by atoms with Crippen LogP contribution in [0.15, 0.2) is 53.5 Å². The van der Waals surface area contributed by atoms with Gasteiger partial charge in [-0.25, -0.2) is 15.0 Å². The standard InChI is InChI=1S/C19H12F3N5O/c20-19(21,22)5-3-17-25-11-15(28-17)14-2-1-13(10-23)26-18(14)12-4-7-27-8-6-24-16(27)9-12/h1-2,4,6-9,11H,3,5H2. The Hall–Kier alpha value is -3.67. The van der Waals surface area contributed by atoms with Crippen LogP contribution in [-0.2, 0) is 6.42 Å². The molecule has 4 rings (SSSR count). The number of fused-ring (bicyclic) bond motifs is 1. The van der Waals surface area contributed by atoms with E-state index in [4.69, 9.17) is 4.42 Å². The lowest BCUT2D eigenvalue weighted by Gasteiger charge is -2.08. The minimum absolute atomic E-state index is 0.00802. The van der Waals surface area contributed by atoms with Crippen molar-refractivity contribution in [3.05, 3.63) is 60.6 Å². The van der Waals surface area contributed by atoms with Gasteiger partial charge in [-0.1, -0.05) is 0 Å². The van der Waals surface area contributed by atoms with Gasteiger partial charge in [0.1, 0.15) is 17.4 Å². The van der Waals surface area contributed by atoms with E-state index >= 15 is 0 Å². The molecule has 0 aliphatic heterocycles. The third-order valence-electron chi connectivity index (χ3n) is 4.12. The van der Waals surface area contributed by atoms with E-state index < -0.39 is 12.6 Å². The quantitative estimate of drug-likeness (QED) is 0.521. The molecular formula is C19H12F3N5O. The summed E-state index contributed by atoms with van der Waals surface area (Å²) in [6.45, 7) is 0. The lowest BCUT2D eigenvalue weighted by atomic mass is 10.0. The van der Waals surface area contributed by atoms with Crippen LogP contribution in [-0.4, -0.2) is 25.5 Å². The summed E-state index contributed by atoms with van der Waals surface area (Å²) in [5.74, 6) is 0.277. The van der Waals surface area contributed by atoms with Gasteiger partial charge < -0.3 is 8.82 Å². The first-order valence-electron chi connectivity index (χ1n) is 8.29. The second kappa shape index (κ2) is 6.81. The van der Waals surface area contributed by atoms with Crippen LogP contribution in [0.4, 0.5) is 13.2 Å². The molecule has 0 aliphatic rings. The van der Waals surface area contributed by atoms with Crippen molar-refractivity contribution in [2.45, 2.75) is 19.0 Å². The first-order chi connectivity index (χ1) is 13.4. The number of nitrogens with zero attached hydrogens (tertiary/aromatic N) is 5. The highest BCUT2D eigenvalue weighted by atomic mass is 19.4. The fourth-order valence-corrected chi connectivity index (χ4v) is 2.80. The van der Waals surface area contributed by atoms with E-state index in [0.717, 1.165) is 0 Å². The molecule has 4 aromatic rings. The van der Waals surface area contributed by atoms with Gasteiger partial charge in [-0.05, 0) is 24.3 Å². The van der Waals surface area contributed by atoms with Gasteiger partial charge in [-0.2, -0.15) is 18.4 Å². The smallest absolute Gasteiger partial charge is 0.389 e. The molecule has 140 valence electrons. The number of aryl methyl sites for hydroxylation is 1. The molecule has 0 atom stereocenters. The van der Waals surface area contributed by atoms with Crippen molar-refractivity contribution in [1.29, 1.82) is 5.26 Å². The highest BCUT2D eigenvalue weighted by Crippen LogP contribution is 2.32. The molecule has 0 radical (unpaired) electrons. The average molecular weight is 383 g/mol. The number of alkyl halides is 3. The van der Waals surface area contributed by atoms with E-state index in [2.05, 4.69) is 15.0 Å². The van der Waals surface area contributed by atoms with Gasteiger partial charge in [0.25, 0.3) is 0 Å². The van der Waals surface area contributed by atoms with E-state index in [9.17, 15) is 18.4 Å². The summed E-state index contributed by atoms with van der Waals surface area (Å²) >= 11 is 0. The number of nitriles is 1. The molecule has 9 heteroatoms. The van der Waals surface area contributed by atoms with Crippen LogP contribution in [0.5, 0.6) is 0 Å². The molecule has 4 heterocycles. The molecule has 0 bridgehead atoms. The van der Waals surface area contributed by atoms with Crippen LogP contribution in [0.1, 0.15) is 18.0 Å². The zero-order valence-electron chi connectivity index (χ0n) is 14.3. The predicted molar refractivity (Wildman–Crippen MR) is 93.0 cm³/mol. The van der Waals surface area contributed by atoms with Gasteiger partial charge in [0.15, 0.2) is 11.7 Å². The number of halogens is 3. The van der Waals surface area contributed by atoms with Crippen LogP contribution in [0.2, 0.25) is 0 Å². The molecule has 0 unspecified atom stereocenters. The molecule has 0 amide bonds. The van der Waals surface area contributed by atoms with E-state index in [-0.39, 0.29) is 23.8 Å². The molecule has 28 heavy (non-hydrogen) atoms. The van der Waals surface area contributed by atoms with Crippen LogP contribution in [0.3, 0.4) is 0 Å². The van der Waals surface area contributed by atoms with Gasteiger partial charge in [0.05, 0.1) is 18.3 Å². The van der Waals surface area contributed by atoms with Crippen LogP contribution in [0, 0.1) is 11.3 Å². The Kier molecular flexibility index (Phi) is 4.31. The van der Waals surface area contributed by atoms with E-state index in [1.54, 1.807) is 30.7 Å². The summed E-state index contributed by atoms with van der Waals surface area (Å²) in [7, 11) is 0. The highest BCUT2D eigenvalue weighted by Gasteiger charge is 2.27. The molecule has 0 saturated heterocycles. The molecule has 0 aromatic carbocycles. The Morgan fingerprint density at radius 3 is 2.79 bits per heavy atom. The third-order valence-corrected chi connectivity index (χ3v) is 4.12. The minimum atomic E-state index is -4.28. The van der Waals surface area contributed by atoms with Gasteiger partial charge in [0, 0.05) is 36.1 Å². The second-order valence-electron chi connectivity index (χ2n) is 6.05. The molecule has 0 aliphatic carbocycles. The van der Waals surface area contributed by atoms with Crippen molar-refractivity contribution in [3.63, 3.8) is 0 Å². The average Bonchev–Trinajstić information content (AvgIpc) is 3.34. The summed E-state index contributed by atoms with van der Waals surface area (Å²) in [4.78, 5) is 12.5. The Labute approximate surface area is 156 Å². The normalized spacial score (nSPS) is 11.6. The van der Waals surface area contributed by atoms with Crippen molar-refractivity contribution >= 4 is 5.65 Å². The number of hydrogen-bond donors (Lipinski definition) is 0. The maximum absolute atomic E-state index is 12.4. The van der Waals surface area contributed by atoms with Crippen LogP contribution < -0.4 is 0 Å². The van der Waals surface area contributed by atoms with Crippen molar-refractivity contribution in [1.82, 2.24) is 19.4 Å². The Morgan fingerprint density at radius 1 is 1.14 bits per heavy atom. The molecule has 6 nitrogen and oxygen atoms in total. The van der Waals surface area contributed by atoms with Crippen molar-refractivity contribution in [2.75, 3.05) is 0 Å². The van der Waals surface area contributed by atoms with Crippen molar-refractivity contribution in [2.24, 2.45) is 0 Å². The summed E-state index contributed by atoms with van der Waals surface area (Å²) in [6.07, 6.45) is 0.981. The molecule has 0 fully saturated rings. The van der Waals surface area contributed by atoms with E-state index in [1.165, 1.54) is 12.3 Å². The summed E-state index contributed by atoms with van der Waals surface area (Å²) in [6, 6.07) is 8.76. The topological polar surface area (TPSA) is 80.0 Å². The number of hydrogen-bond acceptors (Lipinski definition) is 5. The van der Waals surface area contributed by atoms with E-state index in [1.807, 2.05) is 16.5 Å².